The van der Waals surface area contributed by atoms with Gasteiger partial charge in [0, 0.05) is 16.1 Å². The molecule has 0 saturated heterocycles. The minimum absolute atomic E-state index is 0.0446. The van der Waals surface area contributed by atoms with Gasteiger partial charge in [-0.3, -0.25) is 15.2 Å². The summed E-state index contributed by atoms with van der Waals surface area (Å²) in [5.74, 6) is -0.363. The van der Waals surface area contributed by atoms with Crippen LogP contribution in [0.5, 0.6) is 5.88 Å². The molecule has 0 fully saturated rings. The number of hydrogen-bond donors (Lipinski definition) is 3. The average molecular weight is 256 g/mol. The largest absolute Gasteiger partial charge is 0.494 e. The van der Waals surface area contributed by atoms with E-state index in [0.717, 1.165) is 11.8 Å². The molecule has 0 aromatic carbocycles. The summed E-state index contributed by atoms with van der Waals surface area (Å²) in [7, 11) is 5.57. The molecule has 0 unspecified atom stereocenters. The number of thioether (sulfide) groups is 1. The maximum atomic E-state index is 11.2. The van der Waals surface area contributed by atoms with Gasteiger partial charge in [-0.25, -0.2) is 4.99 Å². The molecule has 0 aliphatic carbocycles. The van der Waals surface area contributed by atoms with E-state index in [2.05, 4.69) is 9.98 Å². The van der Waals surface area contributed by atoms with Crippen LogP contribution in [0, 0.1) is 16.7 Å². The zero-order valence-electron chi connectivity index (χ0n) is 8.89. The zero-order chi connectivity index (χ0) is 13.3. The molecule has 0 bridgehead atoms. The Morgan fingerprint density at radius 3 is 2.94 bits per heavy atom. The first kappa shape index (κ1) is 12.2. The third-order valence-electron chi connectivity index (χ3n) is 2.14. The van der Waals surface area contributed by atoms with E-state index in [0.29, 0.717) is 4.91 Å². The van der Waals surface area contributed by atoms with Gasteiger partial charge in [0.15, 0.2) is 11.0 Å². The van der Waals surface area contributed by atoms with Crippen LogP contribution in [0.15, 0.2) is 20.8 Å². The maximum Gasteiger partial charge on any atom is 0.268 e. The molecule has 2 radical (unpaired) electrons. The van der Waals surface area contributed by atoms with E-state index in [1.54, 1.807) is 6.07 Å². The number of hydrogen-bond acceptors (Lipinski definition) is 5. The Balaban J connectivity index is 2.51. The molecule has 0 saturated carbocycles. The molecule has 1 aromatic heterocycles. The van der Waals surface area contributed by atoms with Crippen LogP contribution in [-0.2, 0) is 0 Å². The number of amidine groups is 1. The van der Waals surface area contributed by atoms with Crippen molar-refractivity contribution < 1.29 is 5.11 Å². The summed E-state index contributed by atoms with van der Waals surface area (Å²) < 4.78 is 0. The summed E-state index contributed by atoms with van der Waals surface area (Å²) in [6, 6.07) is 2.96. The molecule has 18 heavy (non-hydrogen) atoms. The molecular formula is C10H5BN4O2S. The first-order valence-corrected chi connectivity index (χ1v) is 5.52. The lowest BCUT2D eigenvalue weighted by molar-refractivity contribution is 0.450. The Hall–Kier alpha value is -2.27. The van der Waals surface area contributed by atoms with E-state index in [1.807, 2.05) is 0 Å². The number of nitrogens with one attached hydrogen (secondary N) is 2. The Morgan fingerprint density at radius 2 is 2.39 bits per heavy atom. The Bertz CT molecular complexity index is 699. The van der Waals surface area contributed by atoms with Crippen LogP contribution in [0.2, 0.25) is 0 Å². The molecular weight excluding hydrogens is 251 g/mol. The number of aromatic amines is 1. The van der Waals surface area contributed by atoms with E-state index >= 15 is 0 Å². The molecule has 2 rings (SSSR count). The van der Waals surface area contributed by atoms with E-state index in [1.165, 1.54) is 12.1 Å². The highest BCUT2D eigenvalue weighted by molar-refractivity contribution is 8.18. The number of H-pyrrole nitrogens is 1. The predicted molar refractivity (Wildman–Crippen MR) is 69.9 cm³/mol. The minimum Gasteiger partial charge on any atom is -0.494 e. The van der Waals surface area contributed by atoms with Crippen LogP contribution in [0.4, 0.5) is 0 Å². The number of aliphatic imine (C=N–C) groups is 1. The van der Waals surface area contributed by atoms with Crippen LogP contribution in [-0.4, -0.2) is 28.7 Å². The summed E-state index contributed by atoms with van der Waals surface area (Å²) in [6.07, 6.45) is 1.46. The molecule has 1 aromatic rings. The highest BCUT2D eigenvalue weighted by Crippen LogP contribution is 2.29. The standard InChI is InChI=1S/C10H5BN4O2S/c11-7-6(18-10(13)14-7)2-4-1-5(3-12)9(17)15-8(4)16/h1-2,13H,(H2,15,16,17). The summed E-state index contributed by atoms with van der Waals surface area (Å²) >= 11 is 1.02. The second-order valence-electron chi connectivity index (χ2n) is 3.34. The molecule has 8 heteroatoms. The van der Waals surface area contributed by atoms with Crippen molar-refractivity contribution in [3.05, 3.63) is 32.5 Å². The van der Waals surface area contributed by atoms with E-state index < -0.39 is 5.56 Å². The Labute approximate surface area is 107 Å². The third-order valence-corrected chi connectivity index (χ3v) is 2.97. The van der Waals surface area contributed by atoms with Crippen molar-refractivity contribution in [2.45, 2.75) is 0 Å². The molecule has 3 N–H and O–H groups in total. The quantitative estimate of drug-likeness (QED) is 0.636. The average Bonchev–Trinajstić information content (AvgIpc) is 2.61. The number of nitriles is 1. The van der Waals surface area contributed by atoms with Gasteiger partial charge < -0.3 is 5.11 Å². The summed E-state index contributed by atoms with van der Waals surface area (Å²) in [4.78, 5) is 17.6. The van der Waals surface area contributed by atoms with Crippen LogP contribution >= 0.6 is 11.8 Å². The highest BCUT2D eigenvalue weighted by Gasteiger charge is 2.15. The van der Waals surface area contributed by atoms with E-state index in [4.69, 9.17) is 18.5 Å². The van der Waals surface area contributed by atoms with Crippen molar-refractivity contribution in [3.63, 3.8) is 0 Å². The molecule has 0 atom stereocenters. The van der Waals surface area contributed by atoms with Crippen molar-refractivity contribution >= 4 is 36.5 Å². The van der Waals surface area contributed by atoms with E-state index in [9.17, 15) is 9.90 Å². The Morgan fingerprint density at radius 1 is 1.67 bits per heavy atom. The fraction of sp³-hybridized carbons (Fsp3) is 0. The monoisotopic (exact) mass is 256 g/mol. The summed E-state index contributed by atoms with van der Waals surface area (Å²) in [6.45, 7) is 0. The van der Waals surface area contributed by atoms with Crippen molar-refractivity contribution in [1.29, 1.82) is 10.7 Å². The topological polar surface area (TPSA) is 113 Å². The first-order valence-electron chi connectivity index (χ1n) is 4.70. The van der Waals surface area contributed by atoms with Gasteiger partial charge >= 0.3 is 0 Å². The second kappa shape index (κ2) is 4.54. The van der Waals surface area contributed by atoms with Gasteiger partial charge in [-0.1, -0.05) is 0 Å². The molecule has 2 heterocycles. The van der Waals surface area contributed by atoms with Gasteiger partial charge in [-0.05, 0) is 23.9 Å². The smallest absolute Gasteiger partial charge is 0.268 e. The normalized spacial score (nSPS) is 16.7. The molecule has 6 nitrogen and oxygen atoms in total. The number of pyridine rings is 1. The number of allylic oxidation sites excluding steroid dienone is 1. The van der Waals surface area contributed by atoms with Crippen molar-refractivity contribution in [2.24, 2.45) is 4.99 Å². The fourth-order valence-electron chi connectivity index (χ4n) is 1.32. The predicted octanol–water partition coefficient (Wildman–Crippen LogP) is 0.542. The third kappa shape index (κ3) is 2.21. The second-order valence-corrected chi connectivity index (χ2v) is 4.37. The number of aromatic hydroxyl groups is 1. The lowest BCUT2D eigenvalue weighted by atomic mass is 10.00. The number of aromatic nitrogens is 1. The Kier molecular flexibility index (Phi) is 3.08. The van der Waals surface area contributed by atoms with Crippen LogP contribution < -0.4 is 5.56 Å². The lowest BCUT2D eigenvalue weighted by Crippen LogP contribution is -2.10. The van der Waals surface area contributed by atoms with Crippen LogP contribution in [0.3, 0.4) is 0 Å². The molecule has 0 spiro atoms. The highest BCUT2D eigenvalue weighted by atomic mass is 32.2. The first-order chi connectivity index (χ1) is 8.51. The molecule has 0 amide bonds. The van der Waals surface area contributed by atoms with Gasteiger partial charge in [-0.2, -0.15) is 5.26 Å². The molecule has 1 aliphatic rings. The van der Waals surface area contributed by atoms with Crippen molar-refractivity contribution in [1.82, 2.24) is 4.98 Å². The van der Waals surface area contributed by atoms with Crippen LogP contribution in [0.1, 0.15) is 11.1 Å². The van der Waals surface area contributed by atoms with Crippen molar-refractivity contribution in [2.75, 3.05) is 0 Å². The molecule has 86 valence electrons. The van der Waals surface area contributed by atoms with Gasteiger partial charge in [0.25, 0.3) is 5.56 Å². The SMILES string of the molecule is [B]C1=NC(=N)SC1=Cc1cc(C#N)c(=O)[nH]c1O. The van der Waals surface area contributed by atoms with Gasteiger partial charge in [0.2, 0.25) is 0 Å². The molecule has 1 aliphatic heterocycles. The fourth-order valence-corrected chi connectivity index (χ4v) is 2.01. The minimum atomic E-state index is -0.661. The van der Waals surface area contributed by atoms with E-state index in [-0.39, 0.29) is 27.8 Å². The lowest BCUT2D eigenvalue weighted by Gasteiger charge is -2.01. The number of rotatable bonds is 1. The van der Waals surface area contributed by atoms with Gasteiger partial charge in [0.05, 0.1) is 0 Å². The maximum absolute atomic E-state index is 11.2. The van der Waals surface area contributed by atoms with Gasteiger partial charge in [-0.15, -0.1) is 0 Å². The summed E-state index contributed by atoms with van der Waals surface area (Å²) in [5.41, 5.74) is -0.380. The van der Waals surface area contributed by atoms with Crippen LogP contribution in [0.25, 0.3) is 6.08 Å². The van der Waals surface area contributed by atoms with Crippen molar-refractivity contribution in [3.8, 4) is 11.9 Å². The van der Waals surface area contributed by atoms with Gasteiger partial charge in [0.1, 0.15) is 19.5 Å². The number of nitrogens with zero attached hydrogens (tertiary/aromatic N) is 2. The summed E-state index contributed by atoms with van der Waals surface area (Å²) in [5, 5.41) is 25.7. The zero-order valence-corrected chi connectivity index (χ0v) is 9.71.